The lowest BCUT2D eigenvalue weighted by Crippen LogP contribution is -2.34. The molecule has 1 rings (SSSR count). The van der Waals surface area contributed by atoms with Crippen molar-refractivity contribution in [2.75, 3.05) is 5.32 Å². The Morgan fingerprint density at radius 1 is 1.50 bits per heavy atom. The monoisotopic (exact) mass is 305 g/mol. The molecular weight excluding hydrogens is 293 g/mol. The third kappa shape index (κ3) is 3.39. The summed E-state index contributed by atoms with van der Waals surface area (Å²) in [6.07, 6.45) is 0. The van der Waals surface area contributed by atoms with Gasteiger partial charge in [0, 0.05) is 10.2 Å². The van der Waals surface area contributed by atoms with Crippen LogP contribution < -0.4 is 5.32 Å². The lowest BCUT2D eigenvalue weighted by molar-refractivity contribution is -0.138. The summed E-state index contributed by atoms with van der Waals surface area (Å²) >= 11 is 9.14. The van der Waals surface area contributed by atoms with Gasteiger partial charge in [-0.25, -0.2) is 4.79 Å². The molecule has 0 bridgehead atoms. The number of hydrogen-bond acceptors (Lipinski definition) is 2. The highest BCUT2D eigenvalue weighted by Crippen LogP contribution is 2.26. The molecule has 0 aliphatic heterocycles. The topological polar surface area (TPSA) is 49.3 Å². The van der Waals surface area contributed by atoms with Gasteiger partial charge in [0.1, 0.15) is 6.04 Å². The lowest BCUT2D eigenvalue weighted by Gasteiger charge is -2.19. The molecule has 5 heteroatoms. The lowest BCUT2D eigenvalue weighted by atomic mass is 10.0. The quantitative estimate of drug-likeness (QED) is 0.893. The second kappa shape index (κ2) is 5.55. The number of halogens is 2. The first-order valence-electron chi connectivity index (χ1n) is 4.86. The minimum atomic E-state index is -0.860. The van der Waals surface area contributed by atoms with Crippen LogP contribution in [-0.4, -0.2) is 17.1 Å². The van der Waals surface area contributed by atoms with Crippen LogP contribution >= 0.6 is 27.5 Å². The van der Waals surface area contributed by atoms with Gasteiger partial charge in [-0.15, -0.1) is 0 Å². The summed E-state index contributed by atoms with van der Waals surface area (Å²) in [5, 5.41) is 12.6. The zero-order valence-electron chi connectivity index (χ0n) is 9.00. The van der Waals surface area contributed by atoms with Crippen molar-refractivity contribution in [3.63, 3.8) is 0 Å². The SMILES string of the molecule is CC(C)C(Nc1ccc(Cl)c(Br)c1)C(=O)O. The Balaban J connectivity index is 2.86. The predicted octanol–water partition coefficient (Wildman–Crippen LogP) is 3.62. The molecule has 1 unspecified atom stereocenters. The maximum Gasteiger partial charge on any atom is 0.326 e. The number of anilines is 1. The van der Waals surface area contributed by atoms with Crippen molar-refractivity contribution in [3.05, 3.63) is 27.7 Å². The van der Waals surface area contributed by atoms with Gasteiger partial charge in [0.25, 0.3) is 0 Å². The van der Waals surface area contributed by atoms with Crippen LogP contribution in [0.15, 0.2) is 22.7 Å². The van der Waals surface area contributed by atoms with Crippen molar-refractivity contribution in [3.8, 4) is 0 Å². The highest BCUT2D eigenvalue weighted by atomic mass is 79.9. The van der Waals surface area contributed by atoms with Gasteiger partial charge < -0.3 is 10.4 Å². The van der Waals surface area contributed by atoms with E-state index in [-0.39, 0.29) is 5.92 Å². The Morgan fingerprint density at radius 3 is 2.56 bits per heavy atom. The van der Waals surface area contributed by atoms with Crippen LogP contribution in [0.5, 0.6) is 0 Å². The first kappa shape index (κ1) is 13.3. The number of hydrogen-bond donors (Lipinski definition) is 2. The number of carboxylic acid groups (broad SMARTS) is 1. The number of rotatable bonds is 4. The van der Waals surface area contributed by atoms with E-state index in [0.29, 0.717) is 5.02 Å². The largest absolute Gasteiger partial charge is 0.480 e. The molecule has 0 heterocycles. The molecule has 0 radical (unpaired) electrons. The molecule has 3 nitrogen and oxygen atoms in total. The van der Waals surface area contributed by atoms with E-state index in [0.717, 1.165) is 10.2 Å². The molecule has 16 heavy (non-hydrogen) atoms. The highest BCUT2D eigenvalue weighted by molar-refractivity contribution is 9.10. The summed E-state index contributed by atoms with van der Waals surface area (Å²) in [5.74, 6) is -0.854. The van der Waals surface area contributed by atoms with E-state index in [1.807, 2.05) is 13.8 Å². The number of nitrogens with one attached hydrogen (secondary N) is 1. The molecule has 0 fully saturated rings. The molecule has 88 valence electrons. The molecule has 0 saturated carbocycles. The van der Waals surface area contributed by atoms with E-state index in [2.05, 4.69) is 21.2 Å². The van der Waals surface area contributed by atoms with Crippen molar-refractivity contribution in [1.29, 1.82) is 0 Å². The van der Waals surface area contributed by atoms with Gasteiger partial charge in [-0.05, 0) is 40.0 Å². The predicted molar refractivity (Wildman–Crippen MR) is 69.0 cm³/mol. The fraction of sp³-hybridized carbons (Fsp3) is 0.364. The molecule has 2 N–H and O–H groups in total. The van der Waals surface area contributed by atoms with Crippen molar-refractivity contribution < 1.29 is 9.90 Å². The number of carbonyl (C=O) groups is 1. The van der Waals surface area contributed by atoms with Crippen molar-refractivity contribution in [2.24, 2.45) is 5.92 Å². The van der Waals surface area contributed by atoms with Gasteiger partial charge in [-0.3, -0.25) is 0 Å². The molecular formula is C11H13BrClNO2. The van der Waals surface area contributed by atoms with Crippen LogP contribution in [0.3, 0.4) is 0 Å². The Labute approximate surface area is 108 Å². The van der Waals surface area contributed by atoms with Crippen LogP contribution in [-0.2, 0) is 4.79 Å². The van der Waals surface area contributed by atoms with E-state index in [1.54, 1.807) is 18.2 Å². The van der Waals surface area contributed by atoms with Crippen LogP contribution in [0.25, 0.3) is 0 Å². The minimum absolute atomic E-state index is 0.00644. The molecule has 1 aromatic carbocycles. The average Bonchev–Trinajstić information content (AvgIpc) is 2.18. The third-order valence-corrected chi connectivity index (χ3v) is 3.39. The number of aliphatic carboxylic acids is 1. The minimum Gasteiger partial charge on any atom is -0.480 e. The summed E-state index contributed by atoms with van der Waals surface area (Å²) in [6.45, 7) is 3.72. The first-order valence-corrected chi connectivity index (χ1v) is 6.03. The summed E-state index contributed by atoms with van der Waals surface area (Å²) in [6, 6.07) is 4.63. The zero-order chi connectivity index (χ0) is 12.3. The van der Waals surface area contributed by atoms with E-state index >= 15 is 0 Å². The number of carboxylic acids is 1. The maximum absolute atomic E-state index is 11.0. The fourth-order valence-electron chi connectivity index (χ4n) is 1.28. The van der Waals surface area contributed by atoms with Crippen LogP contribution in [0, 0.1) is 5.92 Å². The summed E-state index contributed by atoms with van der Waals surface area (Å²) in [4.78, 5) is 11.0. The van der Waals surface area contributed by atoms with Gasteiger partial charge in [-0.1, -0.05) is 25.4 Å². The maximum atomic E-state index is 11.0. The highest BCUT2D eigenvalue weighted by Gasteiger charge is 2.20. The van der Waals surface area contributed by atoms with Gasteiger partial charge in [0.05, 0.1) is 5.02 Å². The molecule has 0 amide bonds. The van der Waals surface area contributed by atoms with Crippen LogP contribution in [0.1, 0.15) is 13.8 Å². The van der Waals surface area contributed by atoms with E-state index in [1.165, 1.54) is 0 Å². The molecule has 0 aromatic heterocycles. The Morgan fingerprint density at radius 2 is 2.12 bits per heavy atom. The van der Waals surface area contributed by atoms with Crippen molar-refractivity contribution >= 4 is 39.2 Å². The summed E-state index contributed by atoms with van der Waals surface area (Å²) < 4.78 is 0.743. The van der Waals surface area contributed by atoms with E-state index in [4.69, 9.17) is 16.7 Å². The second-order valence-corrected chi connectivity index (χ2v) is 5.09. The van der Waals surface area contributed by atoms with Gasteiger partial charge in [-0.2, -0.15) is 0 Å². The Bertz CT molecular complexity index is 396. The molecule has 1 aromatic rings. The normalized spacial score (nSPS) is 12.6. The van der Waals surface area contributed by atoms with Gasteiger partial charge >= 0.3 is 5.97 Å². The smallest absolute Gasteiger partial charge is 0.326 e. The van der Waals surface area contributed by atoms with Gasteiger partial charge in [0.15, 0.2) is 0 Å². The Kier molecular flexibility index (Phi) is 4.62. The van der Waals surface area contributed by atoms with Crippen LogP contribution in [0.4, 0.5) is 5.69 Å². The fourth-order valence-corrected chi connectivity index (χ4v) is 1.78. The molecule has 0 aliphatic rings. The van der Waals surface area contributed by atoms with Crippen molar-refractivity contribution in [2.45, 2.75) is 19.9 Å². The standard InChI is InChI=1S/C11H13BrClNO2/c1-6(2)10(11(15)16)14-7-3-4-9(13)8(12)5-7/h3-6,10,14H,1-2H3,(H,15,16). The van der Waals surface area contributed by atoms with E-state index in [9.17, 15) is 4.79 Å². The first-order chi connectivity index (χ1) is 7.41. The van der Waals surface area contributed by atoms with E-state index < -0.39 is 12.0 Å². The molecule has 0 spiro atoms. The van der Waals surface area contributed by atoms with Crippen LogP contribution in [0.2, 0.25) is 5.02 Å². The van der Waals surface area contributed by atoms with Gasteiger partial charge in [0.2, 0.25) is 0 Å². The zero-order valence-corrected chi connectivity index (χ0v) is 11.3. The molecule has 0 saturated heterocycles. The molecule has 0 aliphatic carbocycles. The Hall–Kier alpha value is -0.740. The second-order valence-electron chi connectivity index (χ2n) is 3.83. The summed E-state index contributed by atoms with van der Waals surface area (Å²) in [5.41, 5.74) is 0.734. The number of benzene rings is 1. The van der Waals surface area contributed by atoms with Crippen molar-refractivity contribution in [1.82, 2.24) is 0 Å². The third-order valence-electron chi connectivity index (χ3n) is 2.17. The average molecular weight is 307 g/mol. The molecule has 1 atom stereocenters. The summed E-state index contributed by atoms with van der Waals surface area (Å²) in [7, 11) is 0.